The Bertz CT molecular complexity index is 512. The molecule has 0 atom stereocenters. The Kier molecular flexibility index (Phi) is 24.5. The van der Waals surface area contributed by atoms with E-state index in [-0.39, 0.29) is 19.8 Å². The largest absolute Gasteiger partial charge is 0.466 e. The molecule has 0 aliphatic carbocycles. The number of rotatable bonds is 27. The summed E-state index contributed by atoms with van der Waals surface area (Å²) in [6.07, 6.45) is 17.9. The number of unbranched alkanes of at least 4 members (excludes halogenated alkanes) is 15. The van der Waals surface area contributed by atoms with Gasteiger partial charge < -0.3 is 19.3 Å². The molecule has 0 heterocycles. The third-order valence-corrected chi connectivity index (χ3v) is 6.70. The minimum absolute atomic E-state index is 0.270. The van der Waals surface area contributed by atoms with E-state index in [0.717, 1.165) is 57.8 Å². The van der Waals surface area contributed by atoms with Crippen LogP contribution in [0.25, 0.3) is 0 Å². The molecule has 0 saturated carbocycles. The SMILES string of the molecule is CCCCCCCCOC(=O)CC(O)(CC(=O)OCCCCCCCC)CC(=O)OCCCCCCCC. The molecule has 7 nitrogen and oxygen atoms in total. The Hall–Kier alpha value is -1.63. The zero-order valence-corrected chi connectivity index (χ0v) is 24.9. The molecule has 0 aliphatic heterocycles. The zero-order chi connectivity index (χ0) is 28.3. The summed E-state index contributed by atoms with van der Waals surface area (Å²) in [6.45, 7) is 7.30. The topological polar surface area (TPSA) is 99.1 Å². The Morgan fingerprint density at radius 3 is 0.947 bits per heavy atom. The number of ether oxygens (including phenoxy) is 3. The van der Waals surface area contributed by atoms with Crippen molar-refractivity contribution in [3.63, 3.8) is 0 Å². The third-order valence-electron chi connectivity index (χ3n) is 6.70. The van der Waals surface area contributed by atoms with Gasteiger partial charge in [-0.3, -0.25) is 14.4 Å². The molecule has 0 aromatic heterocycles. The molecule has 0 bridgehead atoms. The minimum Gasteiger partial charge on any atom is -0.466 e. The zero-order valence-electron chi connectivity index (χ0n) is 24.9. The van der Waals surface area contributed by atoms with Gasteiger partial charge in [-0.25, -0.2) is 0 Å². The maximum Gasteiger partial charge on any atom is 0.308 e. The van der Waals surface area contributed by atoms with E-state index in [0.29, 0.717) is 0 Å². The van der Waals surface area contributed by atoms with Crippen LogP contribution in [0, 0.1) is 0 Å². The van der Waals surface area contributed by atoms with Crippen LogP contribution in [-0.2, 0) is 28.6 Å². The summed E-state index contributed by atoms with van der Waals surface area (Å²) in [6, 6.07) is 0. The summed E-state index contributed by atoms with van der Waals surface area (Å²) >= 11 is 0. The highest BCUT2D eigenvalue weighted by atomic mass is 16.5. The van der Waals surface area contributed by atoms with Crippen LogP contribution in [-0.4, -0.2) is 48.4 Å². The van der Waals surface area contributed by atoms with Crippen molar-refractivity contribution in [2.75, 3.05) is 19.8 Å². The molecule has 0 radical (unpaired) electrons. The summed E-state index contributed by atoms with van der Waals surface area (Å²) in [5.74, 6) is -1.85. The lowest BCUT2D eigenvalue weighted by atomic mass is 9.91. The van der Waals surface area contributed by atoms with Gasteiger partial charge in [0.1, 0.15) is 0 Å². The highest BCUT2D eigenvalue weighted by Gasteiger charge is 2.37. The van der Waals surface area contributed by atoms with E-state index < -0.39 is 42.8 Å². The fourth-order valence-corrected chi connectivity index (χ4v) is 4.35. The monoisotopic (exact) mass is 542 g/mol. The van der Waals surface area contributed by atoms with Gasteiger partial charge in [0.05, 0.1) is 44.7 Å². The van der Waals surface area contributed by atoms with Gasteiger partial charge in [0.15, 0.2) is 0 Å². The van der Waals surface area contributed by atoms with Crippen molar-refractivity contribution >= 4 is 17.9 Å². The van der Waals surface area contributed by atoms with Crippen LogP contribution in [0.1, 0.15) is 156 Å². The van der Waals surface area contributed by atoms with E-state index in [1.807, 2.05) is 0 Å². The second kappa shape index (κ2) is 25.6. The highest BCUT2D eigenvalue weighted by molar-refractivity contribution is 5.78. The first kappa shape index (κ1) is 36.4. The molecular weight excluding hydrogens is 484 g/mol. The van der Waals surface area contributed by atoms with Crippen LogP contribution in [0.3, 0.4) is 0 Å². The smallest absolute Gasteiger partial charge is 0.308 e. The Balaban J connectivity index is 4.62. The van der Waals surface area contributed by atoms with E-state index in [1.54, 1.807) is 0 Å². The van der Waals surface area contributed by atoms with E-state index in [2.05, 4.69) is 20.8 Å². The number of hydrogen-bond acceptors (Lipinski definition) is 7. The van der Waals surface area contributed by atoms with Crippen molar-refractivity contribution in [3.8, 4) is 0 Å². The number of carbonyl (C=O) groups is 3. The van der Waals surface area contributed by atoms with E-state index >= 15 is 0 Å². The average molecular weight is 543 g/mol. The molecule has 1 N–H and O–H groups in total. The quantitative estimate of drug-likeness (QED) is 0.0648. The third kappa shape index (κ3) is 23.5. The van der Waals surface area contributed by atoms with E-state index in [4.69, 9.17) is 14.2 Å². The van der Waals surface area contributed by atoms with Crippen LogP contribution >= 0.6 is 0 Å². The lowest BCUT2D eigenvalue weighted by molar-refractivity contribution is -0.161. The van der Waals surface area contributed by atoms with Gasteiger partial charge in [-0.05, 0) is 19.3 Å². The normalized spacial score (nSPS) is 11.4. The molecule has 0 saturated heterocycles. The fourth-order valence-electron chi connectivity index (χ4n) is 4.35. The summed E-state index contributed by atoms with van der Waals surface area (Å²) < 4.78 is 15.9. The van der Waals surface area contributed by atoms with Crippen LogP contribution in [0.5, 0.6) is 0 Å². The molecule has 0 unspecified atom stereocenters. The predicted octanol–water partition coefficient (Wildman–Crippen LogP) is 7.60. The molecule has 0 aliphatic rings. The van der Waals surface area contributed by atoms with Crippen molar-refractivity contribution < 1.29 is 33.7 Å². The molecule has 38 heavy (non-hydrogen) atoms. The summed E-state index contributed by atoms with van der Waals surface area (Å²) in [4.78, 5) is 37.3. The van der Waals surface area contributed by atoms with Crippen LogP contribution < -0.4 is 0 Å². The average Bonchev–Trinajstić information content (AvgIpc) is 2.86. The second-order valence-electron chi connectivity index (χ2n) is 10.7. The minimum atomic E-state index is -1.88. The lowest BCUT2D eigenvalue weighted by Gasteiger charge is -2.25. The van der Waals surface area contributed by atoms with Gasteiger partial charge in [-0.15, -0.1) is 0 Å². The Morgan fingerprint density at radius 1 is 0.447 bits per heavy atom. The molecule has 0 aromatic rings. The maximum atomic E-state index is 12.4. The molecule has 0 aromatic carbocycles. The molecular formula is C31H58O7. The van der Waals surface area contributed by atoms with Crippen LogP contribution in [0.4, 0.5) is 0 Å². The van der Waals surface area contributed by atoms with Crippen LogP contribution in [0.2, 0.25) is 0 Å². The number of esters is 3. The molecule has 0 spiro atoms. The molecule has 0 rings (SSSR count). The highest BCUT2D eigenvalue weighted by Crippen LogP contribution is 2.23. The first-order chi connectivity index (χ1) is 18.4. The first-order valence-electron chi connectivity index (χ1n) is 15.6. The van der Waals surface area contributed by atoms with Crippen LogP contribution in [0.15, 0.2) is 0 Å². The first-order valence-corrected chi connectivity index (χ1v) is 15.6. The standard InChI is InChI=1S/C31H58O7/c1-4-7-10-13-16-19-22-36-28(32)25-31(35,26-29(33)37-23-20-17-14-11-8-5-2)27-30(34)38-24-21-18-15-12-9-6-3/h35H,4-27H2,1-3H3. The Morgan fingerprint density at radius 2 is 0.684 bits per heavy atom. The van der Waals surface area contributed by atoms with Crippen molar-refractivity contribution in [1.82, 2.24) is 0 Å². The van der Waals surface area contributed by atoms with Gasteiger partial charge in [0, 0.05) is 0 Å². The summed E-state index contributed by atoms with van der Waals surface area (Å²) in [5.41, 5.74) is -1.88. The molecule has 0 amide bonds. The summed E-state index contributed by atoms with van der Waals surface area (Å²) in [5, 5.41) is 11.1. The van der Waals surface area contributed by atoms with Gasteiger partial charge in [-0.2, -0.15) is 0 Å². The predicted molar refractivity (Wildman–Crippen MR) is 152 cm³/mol. The fraction of sp³-hybridized carbons (Fsp3) is 0.903. The number of carbonyl (C=O) groups excluding carboxylic acids is 3. The van der Waals surface area contributed by atoms with E-state index in [1.165, 1.54) is 57.8 Å². The van der Waals surface area contributed by atoms with Crippen molar-refractivity contribution in [1.29, 1.82) is 0 Å². The summed E-state index contributed by atoms with van der Waals surface area (Å²) in [7, 11) is 0. The number of hydrogen-bond donors (Lipinski definition) is 1. The second-order valence-corrected chi connectivity index (χ2v) is 10.7. The van der Waals surface area contributed by atoms with Gasteiger partial charge >= 0.3 is 17.9 Å². The Labute approximate surface area is 232 Å². The van der Waals surface area contributed by atoms with Gasteiger partial charge in [-0.1, -0.05) is 117 Å². The van der Waals surface area contributed by atoms with Gasteiger partial charge in [0.25, 0.3) is 0 Å². The molecule has 0 fully saturated rings. The maximum absolute atomic E-state index is 12.4. The van der Waals surface area contributed by atoms with Crippen molar-refractivity contribution in [2.24, 2.45) is 0 Å². The molecule has 7 heteroatoms. The number of aliphatic hydroxyl groups is 1. The molecule has 224 valence electrons. The lowest BCUT2D eigenvalue weighted by Crippen LogP contribution is -2.38. The van der Waals surface area contributed by atoms with Crippen molar-refractivity contribution in [2.45, 2.75) is 161 Å². The van der Waals surface area contributed by atoms with Gasteiger partial charge in [0.2, 0.25) is 0 Å². The van der Waals surface area contributed by atoms with Crippen molar-refractivity contribution in [3.05, 3.63) is 0 Å². The van der Waals surface area contributed by atoms with E-state index in [9.17, 15) is 19.5 Å².